The zero-order chi connectivity index (χ0) is 32.0. The normalized spacial score (nSPS) is 12.7. The van der Waals surface area contributed by atoms with Crippen LogP contribution in [0.25, 0.3) is 22.3 Å². The fourth-order valence-corrected chi connectivity index (χ4v) is 5.31. The Labute approximate surface area is 264 Å². The molecule has 0 saturated carbocycles. The predicted octanol–water partition coefficient (Wildman–Crippen LogP) is 4.46. The number of aromatic nitrogens is 8. The van der Waals surface area contributed by atoms with Crippen LogP contribution in [0.1, 0.15) is 25.0 Å². The van der Waals surface area contributed by atoms with Crippen LogP contribution in [-0.4, -0.2) is 51.2 Å². The summed E-state index contributed by atoms with van der Waals surface area (Å²) in [6, 6.07) is 14.3. The summed E-state index contributed by atoms with van der Waals surface area (Å²) in [5.74, 6) is 1.52. The number of nitrogens with two attached hydrogens (primary N) is 2. The van der Waals surface area contributed by atoms with Crippen molar-refractivity contribution in [2.75, 3.05) is 11.5 Å². The minimum Gasteiger partial charge on any atom is -0.382 e. The summed E-state index contributed by atoms with van der Waals surface area (Å²) in [4.78, 5) is 25.0. The second kappa shape index (κ2) is 13.8. The topological polar surface area (TPSA) is 193 Å². The lowest BCUT2D eigenvalue weighted by Gasteiger charge is -2.14. The number of rotatable bonds is 14. The fraction of sp³-hybridized carbons (Fsp3) is 0.267. The molecule has 0 amide bonds. The Morgan fingerprint density at radius 1 is 0.652 bits per heavy atom. The number of nitrogen functional groups attached to an aromatic ring is 2. The van der Waals surface area contributed by atoms with Gasteiger partial charge in [0.05, 0.1) is 51.2 Å². The van der Waals surface area contributed by atoms with Crippen LogP contribution in [0.3, 0.4) is 0 Å². The van der Waals surface area contributed by atoms with E-state index in [1.54, 1.807) is 36.9 Å². The van der Waals surface area contributed by atoms with Gasteiger partial charge in [0, 0.05) is 4.57 Å². The molecule has 0 unspecified atom stereocenters. The molecule has 0 bridgehead atoms. The summed E-state index contributed by atoms with van der Waals surface area (Å²) in [7, 11) is -2.44. The summed E-state index contributed by atoms with van der Waals surface area (Å²) in [6.45, 7) is 5.80. The van der Waals surface area contributed by atoms with Crippen molar-refractivity contribution < 1.29 is 23.1 Å². The van der Waals surface area contributed by atoms with E-state index in [1.807, 2.05) is 47.2 Å². The molecule has 0 spiro atoms. The lowest BCUT2D eigenvalue weighted by atomic mass is 10.2. The Hall–Kier alpha value is -5.24. The van der Waals surface area contributed by atoms with Crippen LogP contribution in [-0.2, 0) is 40.3 Å². The van der Waals surface area contributed by atoms with Crippen molar-refractivity contribution in [2.45, 2.75) is 52.4 Å². The summed E-state index contributed by atoms with van der Waals surface area (Å²) in [5.41, 5.74) is 16.1. The molecule has 46 heavy (non-hydrogen) atoms. The lowest BCUT2D eigenvalue weighted by molar-refractivity contribution is 0.0423. The minimum absolute atomic E-state index is 0.118. The molecule has 0 aliphatic heterocycles. The maximum absolute atomic E-state index is 12.5. The number of ether oxygens (including phenoxy) is 2. The van der Waals surface area contributed by atoms with E-state index in [0.717, 1.165) is 11.1 Å². The Bertz CT molecular complexity index is 1810. The molecule has 236 valence electrons. The fourth-order valence-electron chi connectivity index (χ4n) is 4.68. The number of nitrogens with zero attached hydrogens (tertiary/aromatic N) is 8. The number of imidazole rings is 2. The van der Waals surface area contributed by atoms with Gasteiger partial charge in [-0.15, -0.1) is 0 Å². The molecule has 15 nitrogen and oxygen atoms in total. The Balaban J connectivity index is 0.924. The standard InChI is InChI=1S/C30H32N10O5P/c1-19(11-39-17-37-25-27(31)33-15-35-29(25)39)42-13-21-3-7-23(8-4-21)44-46(41)45-24-9-5-22(6-10-24)14-43-20(2)12-40-18-38-26-28(32)34-16-36-30(26)40/h3-10,15-20H,11-14H2,1-2H3,(H2,31,33,35)(H2,32,34,36)/q+1/t19-,20-/m1/s1. The third kappa shape index (κ3) is 7.34. The van der Waals surface area contributed by atoms with Crippen LogP contribution in [0.15, 0.2) is 73.8 Å². The highest BCUT2D eigenvalue weighted by molar-refractivity contribution is 7.34. The van der Waals surface area contributed by atoms with Crippen molar-refractivity contribution in [2.24, 2.45) is 0 Å². The van der Waals surface area contributed by atoms with Crippen molar-refractivity contribution in [1.29, 1.82) is 0 Å². The molecule has 6 aromatic rings. The molecular formula is C30H32N10O5P+. The molecule has 0 saturated heterocycles. The van der Waals surface area contributed by atoms with Gasteiger partial charge < -0.3 is 30.1 Å². The summed E-state index contributed by atoms with van der Waals surface area (Å²) in [6.07, 6.45) is 5.95. The number of anilines is 2. The molecule has 4 aromatic heterocycles. The van der Waals surface area contributed by atoms with Gasteiger partial charge in [-0.2, -0.15) is 0 Å². The molecule has 0 aliphatic carbocycles. The molecular weight excluding hydrogens is 611 g/mol. The molecule has 16 heteroatoms. The molecule has 0 radical (unpaired) electrons. The van der Waals surface area contributed by atoms with Gasteiger partial charge in [-0.05, 0) is 49.2 Å². The average Bonchev–Trinajstić information content (AvgIpc) is 3.66. The van der Waals surface area contributed by atoms with E-state index in [1.165, 1.54) is 12.7 Å². The van der Waals surface area contributed by atoms with E-state index in [2.05, 4.69) is 29.9 Å². The van der Waals surface area contributed by atoms with Crippen LogP contribution in [0.5, 0.6) is 11.5 Å². The van der Waals surface area contributed by atoms with Gasteiger partial charge in [0.2, 0.25) is 0 Å². The van der Waals surface area contributed by atoms with Gasteiger partial charge in [0.15, 0.2) is 34.4 Å². The average molecular weight is 644 g/mol. The van der Waals surface area contributed by atoms with Crippen molar-refractivity contribution in [1.82, 2.24) is 39.0 Å². The molecule has 0 aliphatic rings. The van der Waals surface area contributed by atoms with E-state index in [9.17, 15) is 4.57 Å². The van der Waals surface area contributed by atoms with E-state index in [0.29, 0.717) is 71.8 Å². The predicted molar refractivity (Wildman–Crippen MR) is 170 cm³/mol. The van der Waals surface area contributed by atoms with Gasteiger partial charge in [-0.25, -0.2) is 39.0 Å². The lowest BCUT2D eigenvalue weighted by Crippen LogP contribution is -2.16. The number of hydrogen-bond acceptors (Lipinski definition) is 13. The third-order valence-electron chi connectivity index (χ3n) is 7.04. The van der Waals surface area contributed by atoms with E-state index in [-0.39, 0.29) is 12.2 Å². The molecule has 2 atom stereocenters. The largest absolute Gasteiger partial charge is 0.805 e. The highest BCUT2D eigenvalue weighted by Gasteiger charge is 2.24. The van der Waals surface area contributed by atoms with Crippen molar-refractivity contribution >= 4 is 42.2 Å². The first-order valence-corrected chi connectivity index (χ1v) is 15.5. The second-order valence-electron chi connectivity index (χ2n) is 10.6. The van der Waals surface area contributed by atoms with Crippen molar-refractivity contribution in [3.8, 4) is 11.5 Å². The van der Waals surface area contributed by atoms with E-state index >= 15 is 0 Å². The summed E-state index contributed by atoms with van der Waals surface area (Å²) in [5, 5.41) is 0. The maximum atomic E-state index is 12.5. The van der Waals surface area contributed by atoms with Gasteiger partial charge in [-0.1, -0.05) is 24.3 Å². The molecule has 2 aromatic carbocycles. The van der Waals surface area contributed by atoms with E-state index in [4.69, 9.17) is 30.0 Å². The Morgan fingerprint density at radius 2 is 1.07 bits per heavy atom. The second-order valence-corrected chi connectivity index (χ2v) is 11.4. The molecule has 0 fully saturated rings. The minimum atomic E-state index is -2.44. The first kappa shape index (κ1) is 30.8. The highest BCUT2D eigenvalue weighted by atomic mass is 31.1. The summed E-state index contributed by atoms with van der Waals surface area (Å²) >= 11 is 0. The smallest absolute Gasteiger partial charge is 0.382 e. The number of fused-ring (bicyclic) bond motifs is 2. The van der Waals surface area contributed by atoms with Gasteiger partial charge in [0.25, 0.3) is 0 Å². The van der Waals surface area contributed by atoms with Gasteiger partial charge in [0.1, 0.15) is 23.7 Å². The SMILES string of the molecule is C[C@H](Cn1cnc2c(N)ncnc21)OCc1ccc(O[P+](=O)Oc2ccc(CO[C@H](C)Cn3cnc4c(N)ncnc43)cc2)cc1. The monoisotopic (exact) mass is 643 g/mol. The summed E-state index contributed by atoms with van der Waals surface area (Å²) < 4.78 is 39.2. The zero-order valence-electron chi connectivity index (χ0n) is 25.1. The number of benzene rings is 2. The molecule has 4 heterocycles. The van der Waals surface area contributed by atoms with Crippen LogP contribution in [0.2, 0.25) is 0 Å². The Morgan fingerprint density at radius 3 is 1.48 bits per heavy atom. The first-order chi connectivity index (χ1) is 22.3. The van der Waals surface area contributed by atoms with Crippen molar-refractivity contribution in [3.63, 3.8) is 0 Å². The molecule has 4 N–H and O–H groups in total. The van der Waals surface area contributed by atoms with Gasteiger partial charge >= 0.3 is 8.25 Å². The maximum Gasteiger partial charge on any atom is 0.805 e. The van der Waals surface area contributed by atoms with Crippen LogP contribution >= 0.6 is 8.25 Å². The van der Waals surface area contributed by atoms with Gasteiger partial charge in [-0.3, -0.25) is 0 Å². The third-order valence-corrected chi connectivity index (χ3v) is 7.76. The number of hydrogen-bond donors (Lipinski definition) is 2. The quantitative estimate of drug-likeness (QED) is 0.158. The van der Waals surface area contributed by atoms with Crippen LogP contribution in [0.4, 0.5) is 11.6 Å². The van der Waals surface area contributed by atoms with E-state index < -0.39 is 8.25 Å². The van der Waals surface area contributed by atoms with Crippen LogP contribution in [0, 0.1) is 0 Å². The zero-order valence-corrected chi connectivity index (χ0v) is 26.0. The molecule has 6 rings (SSSR count). The van der Waals surface area contributed by atoms with Crippen molar-refractivity contribution in [3.05, 3.63) is 85.0 Å². The highest BCUT2D eigenvalue weighted by Crippen LogP contribution is 2.31. The Kier molecular flexibility index (Phi) is 9.24. The first-order valence-electron chi connectivity index (χ1n) is 14.4. The van der Waals surface area contributed by atoms with Crippen LogP contribution < -0.4 is 20.5 Å².